The summed E-state index contributed by atoms with van der Waals surface area (Å²) in [6, 6.07) is 0. The van der Waals surface area contributed by atoms with Crippen LogP contribution in [-0.2, 0) is 5.11 Å². The molecule has 0 fully saturated rings. The highest BCUT2D eigenvalue weighted by Gasteiger charge is 2.09. The van der Waals surface area contributed by atoms with E-state index < -0.39 is 0 Å². The number of aromatic nitrogens is 1. The van der Waals surface area contributed by atoms with E-state index in [4.69, 9.17) is 0 Å². The molecular weight excluding hydrogens is 188 g/mol. The summed E-state index contributed by atoms with van der Waals surface area (Å²) in [6.07, 6.45) is 1.98. The Morgan fingerprint density at radius 1 is 1.69 bits per heavy atom. The van der Waals surface area contributed by atoms with Crippen molar-refractivity contribution in [2.45, 2.75) is 19.8 Å². The molecule has 1 amide bonds. The van der Waals surface area contributed by atoms with Gasteiger partial charge in [-0.3, -0.25) is 9.90 Å². The molecule has 0 aliphatic carbocycles. The molecule has 0 aliphatic rings. The highest BCUT2D eigenvalue weighted by Crippen LogP contribution is 2.14. The molecule has 0 atom stereocenters. The first-order valence-electron chi connectivity index (χ1n) is 4.14. The van der Waals surface area contributed by atoms with E-state index in [2.05, 4.69) is 10.3 Å². The van der Waals surface area contributed by atoms with Gasteiger partial charge in [0.1, 0.15) is 0 Å². The molecule has 1 aromatic rings. The quantitative estimate of drug-likeness (QED) is 0.752. The normalized spacial score (nSPS) is 9.92. The summed E-state index contributed by atoms with van der Waals surface area (Å²) >= 11 is 1.08. The molecule has 1 radical (unpaired) electrons. The lowest BCUT2D eigenvalue weighted by atomic mass is 10.3. The Balaban J connectivity index is 2.40. The van der Waals surface area contributed by atoms with E-state index in [1.54, 1.807) is 0 Å². The zero-order chi connectivity index (χ0) is 9.68. The molecule has 71 valence electrons. The van der Waals surface area contributed by atoms with Crippen LogP contribution in [0.3, 0.4) is 0 Å². The number of nitrogens with zero attached hydrogens (tertiary/aromatic N) is 1. The van der Waals surface area contributed by atoms with Gasteiger partial charge in [0.2, 0.25) is 0 Å². The molecule has 0 aromatic carbocycles. The first kappa shape index (κ1) is 9.98. The fourth-order valence-corrected chi connectivity index (χ4v) is 1.40. The third kappa shape index (κ3) is 3.02. The van der Waals surface area contributed by atoms with Gasteiger partial charge in [-0.05, 0) is 6.42 Å². The summed E-state index contributed by atoms with van der Waals surface area (Å²) in [5.74, 6) is -0.591. The minimum absolute atomic E-state index is 0.249. The van der Waals surface area contributed by atoms with Gasteiger partial charge >= 0.3 is 0 Å². The largest absolute Gasteiger partial charge is 0.350 e. The van der Waals surface area contributed by atoms with Crippen LogP contribution in [0.2, 0.25) is 0 Å². The zero-order valence-corrected chi connectivity index (χ0v) is 8.19. The van der Waals surface area contributed by atoms with Gasteiger partial charge in [0, 0.05) is 6.54 Å². The maximum atomic E-state index is 11.2. The monoisotopic (exact) mass is 199 g/mol. The van der Waals surface area contributed by atoms with Crippen molar-refractivity contribution in [1.29, 1.82) is 0 Å². The Morgan fingerprint density at radius 2 is 2.46 bits per heavy atom. The molecule has 0 spiro atoms. The maximum absolute atomic E-state index is 11.2. The second-order valence-corrected chi connectivity index (χ2v) is 3.46. The van der Waals surface area contributed by atoms with E-state index in [1.165, 1.54) is 5.38 Å². The molecule has 0 unspecified atom stereocenters. The molecule has 13 heavy (non-hydrogen) atoms. The lowest BCUT2D eigenvalue weighted by Crippen LogP contribution is -2.23. The molecule has 1 aromatic heterocycles. The molecule has 1 rings (SSSR count). The van der Waals surface area contributed by atoms with Crippen molar-refractivity contribution in [3.05, 3.63) is 10.4 Å². The van der Waals surface area contributed by atoms with Crippen molar-refractivity contribution in [3.8, 4) is 5.88 Å². The van der Waals surface area contributed by atoms with Gasteiger partial charge in [0.15, 0.2) is 5.01 Å². The van der Waals surface area contributed by atoms with Crippen LogP contribution in [0.5, 0.6) is 5.88 Å². The fraction of sp³-hybridized carbons (Fsp3) is 0.500. The summed E-state index contributed by atoms with van der Waals surface area (Å²) in [4.78, 5) is 14.8. The van der Waals surface area contributed by atoms with Crippen LogP contribution in [0.4, 0.5) is 0 Å². The van der Waals surface area contributed by atoms with Crippen molar-refractivity contribution in [2.75, 3.05) is 6.54 Å². The van der Waals surface area contributed by atoms with Crippen LogP contribution >= 0.6 is 11.3 Å². The van der Waals surface area contributed by atoms with Gasteiger partial charge < -0.3 is 5.32 Å². The van der Waals surface area contributed by atoms with E-state index >= 15 is 0 Å². The topological polar surface area (TPSA) is 61.9 Å². The van der Waals surface area contributed by atoms with Crippen molar-refractivity contribution in [2.24, 2.45) is 0 Å². The van der Waals surface area contributed by atoms with Crippen molar-refractivity contribution in [1.82, 2.24) is 10.3 Å². The Morgan fingerprint density at radius 3 is 3.00 bits per heavy atom. The van der Waals surface area contributed by atoms with E-state index in [-0.39, 0.29) is 16.8 Å². The molecule has 1 heterocycles. The molecule has 0 bridgehead atoms. The summed E-state index contributed by atoms with van der Waals surface area (Å²) in [6.45, 7) is 2.69. The summed E-state index contributed by atoms with van der Waals surface area (Å²) in [7, 11) is 0. The van der Waals surface area contributed by atoms with Gasteiger partial charge in [-0.2, -0.15) is 4.98 Å². The van der Waals surface area contributed by atoms with Crippen LogP contribution in [0.15, 0.2) is 5.38 Å². The Kier molecular flexibility index (Phi) is 3.70. The second kappa shape index (κ2) is 4.81. The predicted molar refractivity (Wildman–Crippen MR) is 49.5 cm³/mol. The van der Waals surface area contributed by atoms with E-state index in [9.17, 15) is 9.90 Å². The number of amides is 1. The number of carbonyl (C=O) groups is 1. The summed E-state index contributed by atoms with van der Waals surface area (Å²) < 4.78 is 0. The van der Waals surface area contributed by atoms with Crippen LogP contribution in [0.1, 0.15) is 29.6 Å². The number of hydrogen-bond acceptors (Lipinski definition) is 3. The lowest BCUT2D eigenvalue weighted by Gasteiger charge is -1.99. The standard InChI is InChI=1S/C8H11N2O2S/c1-2-3-4-9-7(12)8-10-6(11)5-13-8/h5H,2-4H2,1H3,(H,9,12). The molecule has 4 nitrogen and oxygen atoms in total. The number of carbonyl (C=O) groups excluding carboxylic acids is 1. The summed E-state index contributed by atoms with van der Waals surface area (Å²) in [5.41, 5.74) is 0. The van der Waals surface area contributed by atoms with E-state index in [1.807, 2.05) is 6.92 Å². The SMILES string of the molecule is CCCCNC(=O)c1nc([O])cs1. The Bertz CT molecular complexity index is 285. The van der Waals surface area contributed by atoms with Crippen LogP contribution in [0, 0.1) is 0 Å². The average Bonchev–Trinajstić information content (AvgIpc) is 2.52. The van der Waals surface area contributed by atoms with Crippen molar-refractivity contribution < 1.29 is 9.90 Å². The smallest absolute Gasteiger partial charge is 0.281 e. The first-order chi connectivity index (χ1) is 6.24. The highest BCUT2D eigenvalue weighted by atomic mass is 32.1. The van der Waals surface area contributed by atoms with Gasteiger partial charge in [-0.25, -0.2) is 0 Å². The van der Waals surface area contributed by atoms with Crippen molar-refractivity contribution in [3.63, 3.8) is 0 Å². The second-order valence-electron chi connectivity index (χ2n) is 2.60. The Hall–Kier alpha value is -1.10. The molecular formula is C8H11N2O2S. The van der Waals surface area contributed by atoms with Gasteiger partial charge in [0.25, 0.3) is 11.8 Å². The first-order valence-corrected chi connectivity index (χ1v) is 5.02. The summed E-state index contributed by atoms with van der Waals surface area (Å²) in [5, 5.41) is 14.9. The molecule has 0 aliphatic heterocycles. The molecule has 1 N–H and O–H groups in total. The average molecular weight is 199 g/mol. The zero-order valence-electron chi connectivity index (χ0n) is 7.37. The predicted octanol–water partition coefficient (Wildman–Crippen LogP) is 1.82. The highest BCUT2D eigenvalue weighted by molar-refractivity contribution is 7.11. The number of nitrogens with one attached hydrogen (secondary N) is 1. The van der Waals surface area contributed by atoms with Gasteiger partial charge in [-0.15, -0.1) is 11.3 Å². The molecule has 5 heteroatoms. The minimum atomic E-state index is -0.342. The minimum Gasteiger partial charge on any atom is -0.350 e. The van der Waals surface area contributed by atoms with Crippen LogP contribution < -0.4 is 5.32 Å². The third-order valence-corrected chi connectivity index (χ3v) is 2.31. The maximum Gasteiger partial charge on any atom is 0.281 e. The number of rotatable bonds is 4. The number of unbranched alkanes of at least 4 members (excludes halogenated alkanes) is 1. The third-order valence-electron chi connectivity index (χ3n) is 1.49. The molecule has 0 saturated heterocycles. The fourth-order valence-electron chi connectivity index (χ4n) is 0.818. The number of thiazole rings is 1. The van der Waals surface area contributed by atoms with Crippen LogP contribution in [0.25, 0.3) is 0 Å². The van der Waals surface area contributed by atoms with E-state index in [0.717, 1.165) is 24.2 Å². The van der Waals surface area contributed by atoms with Gasteiger partial charge in [-0.1, -0.05) is 13.3 Å². The van der Waals surface area contributed by atoms with Crippen LogP contribution in [-0.4, -0.2) is 17.4 Å². The Labute approximate surface area is 80.6 Å². The van der Waals surface area contributed by atoms with Crippen molar-refractivity contribution >= 4 is 17.2 Å². The number of hydrogen-bond donors (Lipinski definition) is 1. The van der Waals surface area contributed by atoms with E-state index in [0.29, 0.717) is 6.54 Å². The molecule has 0 saturated carbocycles. The van der Waals surface area contributed by atoms with Gasteiger partial charge in [0.05, 0.1) is 5.38 Å². The lowest BCUT2D eigenvalue weighted by molar-refractivity contribution is 0.0951.